The molecule has 5 heteroatoms. The normalized spacial score (nSPS) is 17.7. The number of likely N-dealkylation sites (tertiary alicyclic amines) is 1. The van der Waals surface area contributed by atoms with Gasteiger partial charge in [0.15, 0.2) is 0 Å². The number of hydrogen-bond acceptors (Lipinski definition) is 3. The number of ether oxygens (including phenoxy) is 1. The summed E-state index contributed by atoms with van der Waals surface area (Å²) < 4.78 is 7.19. The average Bonchev–Trinajstić information content (AvgIpc) is 2.95. The second kappa shape index (κ2) is 7.43. The molecule has 3 heterocycles. The Morgan fingerprint density at radius 2 is 1.96 bits per heavy atom. The number of fused-ring (bicyclic) bond motifs is 1. The molecule has 1 aromatic carbocycles. The van der Waals surface area contributed by atoms with Gasteiger partial charge >= 0.3 is 0 Å². The molecule has 0 unspecified atom stereocenters. The van der Waals surface area contributed by atoms with Crippen molar-refractivity contribution in [1.82, 2.24) is 14.3 Å². The molecule has 1 aliphatic rings. The zero-order valence-electron chi connectivity index (χ0n) is 15.9. The molecule has 1 saturated heterocycles. The molecule has 5 nitrogen and oxygen atoms in total. The Morgan fingerprint density at radius 1 is 1.15 bits per heavy atom. The van der Waals surface area contributed by atoms with E-state index in [0.29, 0.717) is 5.69 Å². The summed E-state index contributed by atoms with van der Waals surface area (Å²) in [5.41, 5.74) is 3.62. The standard InChI is InChI=1S/C22H25N3O2/c1-16-11-13-24-15-19(23-21(24)14-16)22(26)25-12-5-3-4-6-20(25)17-7-9-18(27-2)10-8-17/h7-11,13-15,20H,3-6,12H2,1-2H3/t20-/m1/s1. The number of hydrogen-bond donors (Lipinski definition) is 0. The van der Waals surface area contributed by atoms with Crippen LogP contribution in [0.5, 0.6) is 5.75 Å². The third kappa shape index (κ3) is 3.54. The first-order chi connectivity index (χ1) is 13.2. The van der Waals surface area contributed by atoms with Crippen LogP contribution < -0.4 is 4.74 Å². The van der Waals surface area contributed by atoms with Crippen LogP contribution in [0.2, 0.25) is 0 Å². The molecule has 1 aliphatic heterocycles. The highest BCUT2D eigenvalue weighted by Crippen LogP contribution is 2.32. The number of nitrogens with zero attached hydrogens (tertiary/aromatic N) is 3. The van der Waals surface area contributed by atoms with Gasteiger partial charge in [-0.1, -0.05) is 25.0 Å². The van der Waals surface area contributed by atoms with Crippen LogP contribution in [0.15, 0.2) is 48.8 Å². The number of carbonyl (C=O) groups excluding carboxylic acids is 1. The molecule has 0 bridgehead atoms. The van der Waals surface area contributed by atoms with E-state index in [9.17, 15) is 4.79 Å². The van der Waals surface area contributed by atoms with Crippen LogP contribution in [0.4, 0.5) is 0 Å². The van der Waals surface area contributed by atoms with Gasteiger partial charge in [0.2, 0.25) is 0 Å². The van der Waals surface area contributed by atoms with Crippen molar-refractivity contribution in [3.8, 4) is 5.75 Å². The highest BCUT2D eigenvalue weighted by Gasteiger charge is 2.29. The largest absolute Gasteiger partial charge is 0.497 e. The van der Waals surface area contributed by atoms with E-state index >= 15 is 0 Å². The molecule has 0 saturated carbocycles. The zero-order valence-corrected chi connectivity index (χ0v) is 15.9. The molecule has 0 aliphatic carbocycles. The Labute approximate surface area is 159 Å². The van der Waals surface area contributed by atoms with Crippen molar-refractivity contribution >= 4 is 11.6 Å². The van der Waals surface area contributed by atoms with Crippen molar-refractivity contribution in [2.75, 3.05) is 13.7 Å². The van der Waals surface area contributed by atoms with Crippen LogP contribution in [0.25, 0.3) is 5.65 Å². The van der Waals surface area contributed by atoms with E-state index in [1.807, 2.05) is 52.9 Å². The molecular weight excluding hydrogens is 338 g/mol. The fourth-order valence-electron chi connectivity index (χ4n) is 3.86. The summed E-state index contributed by atoms with van der Waals surface area (Å²) in [5.74, 6) is 0.847. The van der Waals surface area contributed by atoms with Crippen molar-refractivity contribution in [2.45, 2.75) is 38.6 Å². The number of aryl methyl sites for hydroxylation is 1. The molecule has 3 aromatic rings. The molecule has 1 atom stereocenters. The summed E-state index contributed by atoms with van der Waals surface area (Å²) in [6, 6.07) is 12.2. The minimum Gasteiger partial charge on any atom is -0.497 e. The molecule has 0 spiro atoms. The number of rotatable bonds is 3. The van der Waals surface area contributed by atoms with Crippen molar-refractivity contribution in [3.63, 3.8) is 0 Å². The van der Waals surface area contributed by atoms with E-state index in [2.05, 4.69) is 17.1 Å². The van der Waals surface area contributed by atoms with E-state index in [1.54, 1.807) is 7.11 Å². The van der Waals surface area contributed by atoms with Crippen LogP contribution in [0.1, 0.15) is 53.3 Å². The Balaban J connectivity index is 1.66. The molecule has 27 heavy (non-hydrogen) atoms. The maximum absolute atomic E-state index is 13.3. The number of amides is 1. The van der Waals surface area contributed by atoms with Gasteiger partial charge in [-0.05, 0) is 55.2 Å². The number of pyridine rings is 1. The van der Waals surface area contributed by atoms with Crippen molar-refractivity contribution < 1.29 is 9.53 Å². The summed E-state index contributed by atoms with van der Waals surface area (Å²) in [6.45, 7) is 2.80. The highest BCUT2D eigenvalue weighted by atomic mass is 16.5. The van der Waals surface area contributed by atoms with Crippen LogP contribution in [-0.4, -0.2) is 33.8 Å². The lowest BCUT2D eigenvalue weighted by atomic mass is 10.0. The van der Waals surface area contributed by atoms with Gasteiger partial charge in [0.25, 0.3) is 5.91 Å². The second-order valence-corrected chi connectivity index (χ2v) is 7.23. The molecule has 1 amide bonds. The first-order valence-electron chi connectivity index (χ1n) is 9.56. The number of carbonyl (C=O) groups is 1. The third-order valence-corrected chi connectivity index (χ3v) is 5.35. The van der Waals surface area contributed by atoms with Gasteiger partial charge in [-0.3, -0.25) is 4.79 Å². The fraction of sp³-hybridized carbons (Fsp3) is 0.364. The summed E-state index contributed by atoms with van der Waals surface area (Å²) in [5, 5.41) is 0. The van der Waals surface area contributed by atoms with Gasteiger partial charge in [0.1, 0.15) is 17.1 Å². The van der Waals surface area contributed by atoms with Gasteiger partial charge in [-0.25, -0.2) is 4.98 Å². The molecular formula is C22H25N3O2. The monoisotopic (exact) mass is 363 g/mol. The van der Waals surface area contributed by atoms with Gasteiger partial charge in [0, 0.05) is 18.9 Å². The molecule has 1 fully saturated rings. The summed E-state index contributed by atoms with van der Waals surface area (Å²) in [6.07, 6.45) is 8.09. The highest BCUT2D eigenvalue weighted by molar-refractivity contribution is 5.93. The SMILES string of the molecule is COc1ccc([C@H]2CCCCCN2C(=O)c2cn3ccc(C)cc3n2)cc1. The fourth-order valence-corrected chi connectivity index (χ4v) is 3.86. The smallest absolute Gasteiger partial charge is 0.274 e. The zero-order chi connectivity index (χ0) is 18.8. The van der Waals surface area contributed by atoms with Gasteiger partial charge in [0.05, 0.1) is 13.2 Å². The third-order valence-electron chi connectivity index (χ3n) is 5.35. The maximum Gasteiger partial charge on any atom is 0.274 e. The Bertz CT molecular complexity index is 946. The minimum absolute atomic E-state index is 0.0130. The van der Waals surface area contributed by atoms with Gasteiger partial charge in [-0.2, -0.15) is 0 Å². The van der Waals surface area contributed by atoms with Crippen LogP contribution >= 0.6 is 0 Å². The van der Waals surface area contributed by atoms with Gasteiger partial charge in [-0.15, -0.1) is 0 Å². The molecule has 2 aromatic heterocycles. The van der Waals surface area contributed by atoms with Crippen molar-refractivity contribution in [2.24, 2.45) is 0 Å². The summed E-state index contributed by atoms with van der Waals surface area (Å²) >= 11 is 0. The molecule has 4 rings (SSSR count). The Hall–Kier alpha value is -2.82. The minimum atomic E-state index is 0.0130. The predicted molar refractivity (Wildman–Crippen MR) is 105 cm³/mol. The lowest BCUT2D eigenvalue weighted by Gasteiger charge is -2.30. The number of aromatic nitrogens is 2. The quantitative estimate of drug-likeness (QED) is 0.692. The summed E-state index contributed by atoms with van der Waals surface area (Å²) in [7, 11) is 1.67. The topological polar surface area (TPSA) is 46.8 Å². The Morgan fingerprint density at radius 3 is 2.74 bits per heavy atom. The van der Waals surface area contributed by atoms with E-state index in [-0.39, 0.29) is 11.9 Å². The van der Waals surface area contributed by atoms with E-state index in [4.69, 9.17) is 4.74 Å². The van der Waals surface area contributed by atoms with Crippen LogP contribution in [0, 0.1) is 6.92 Å². The number of imidazole rings is 1. The van der Waals surface area contributed by atoms with E-state index < -0.39 is 0 Å². The average molecular weight is 363 g/mol. The van der Waals surface area contributed by atoms with Crippen molar-refractivity contribution in [3.05, 3.63) is 65.6 Å². The maximum atomic E-state index is 13.3. The van der Waals surface area contributed by atoms with Crippen molar-refractivity contribution in [1.29, 1.82) is 0 Å². The number of benzene rings is 1. The predicted octanol–water partition coefficient (Wildman–Crippen LogP) is 4.41. The first-order valence-corrected chi connectivity index (χ1v) is 9.56. The number of methoxy groups -OCH3 is 1. The van der Waals surface area contributed by atoms with Crippen LogP contribution in [-0.2, 0) is 0 Å². The van der Waals surface area contributed by atoms with Crippen LogP contribution in [0.3, 0.4) is 0 Å². The van der Waals surface area contributed by atoms with E-state index in [0.717, 1.165) is 54.8 Å². The van der Waals surface area contributed by atoms with Gasteiger partial charge < -0.3 is 14.0 Å². The lowest BCUT2D eigenvalue weighted by Crippen LogP contribution is -2.35. The molecule has 0 N–H and O–H groups in total. The lowest BCUT2D eigenvalue weighted by molar-refractivity contribution is 0.0675. The molecule has 0 radical (unpaired) electrons. The second-order valence-electron chi connectivity index (χ2n) is 7.23. The first kappa shape index (κ1) is 17.6. The van der Waals surface area contributed by atoms with E-state index in [1.165, 1.54) is 0 Å². The molecule has 140 valence electrons. The Kier molecular flexibility index (Phi) is 4.84. The summed E-state index contributed by atoms with van der Waals surface area (Å²) in [4.78, 5) is 19.9.